The molecule has 1 aromatic carbocycles. The Morgan fingerprint density at radius 1 is 1.00 bits per heavy atom. The molecule has 1 aliphatic heterocycles. The molecule has 3 heterocycles. The largest absolute Gasteiger partial charge is 0.339 e. The van der Waals surface area contributed by atoms with Gasteiger partial charge in [0.1, 0.15) is 0 Å². The highest BCUT2D eigenvalue weighted by Crippen LogP contribution is 2.26. The van der Waals surface area contributed by atoms with Crippen LogP contribution in [0.2, 0.25) is 0 Å². The first kappa shape index (κ1) is 16.8. The fraction of sp³-hybridized carbons (Fsp3) is 0.381. The van der Waals surface area contributed by atoms with Gasteiger partial charge in [0.15, 0.2) is 5.65 Å². The van der Waals surface area contributed by atoms with Crippen molar-refractivity contribution < 1.29 is 4.79 Å². The molecule has 26 heavy (non-hydrogen) atoms. The summed E-state index contributed by atoms with van der Waals surface area (Å²) in [5, 5.41) is 5.57. The number of aryl methyl sites for hydroxylation is 3. The molecule has 0 aliphatic carbocycles. The number of rotatable bonds is 2. The van der Waals surface area contributed by atoms with Crippen LogP contribution in [0.4, 0.5) is 0 Å². The summed E-state index contributed by atoms with van der Waals surface area (Å²) in [6.45, 7) is 7.64. The monoisotopic (exact) mass is 348 g/mol. The molecular weight excluding hydrogens is 324 g/mol. The van der Waals surface area contributed by atoms with E-state index in [1.165, 1.54) is 12.0 Å². The van der Waals surface area contributed by atoms with Crippen LogP contribution < -0.4 is 0 Å². The van der Waals surface area contributed by atoms with Crippen molar-refractivity contribution in [3.05, 3.63) is 52.8 Å². The molecule has 0 radical (unpaired) electrons. The second-order valence-electron chi connectivity index (χ2n) is 7.20. The zero-order chi connectivity index (χ0) is 18.3. The van der Waals surface area contributed by atoms with E-state index in [1.807, 2.05) is 41.6 Å². The summed E-state index contributed by atoms with van der Waals surface area (Å²) in [5.41, 5.74) is 5.33. The van der Waals surface area contributed by atoms with Crippen LogP contribution in [0.5, 0.6) is 0 Å². The maximum absolute atomic E-state index is 13.2. The molecule has 2 aromatic heterocycles. The highest BCUT2D eigenvalue weighted by atomic mass is 16.2. The van der Waals surface area contributed by atoms with Crippen LogP contribution >= 0.6 is 0 Å². The number of pyridine rings is 1. The Labute approximate surface area is 153 Å². The van der Waals surface area contributed by atoms with Gasteiger partial charge >= 0.3 is 0 Å². The van der Waals surface area contributed by atoms with Crippen LogP contribution in [0.15, 0.2) is 30.3 Å². The number of amides is 1. The summed E-state index contributed by atoms with van der Waals surface area (Å²) >= 11 is 0. The van der Waals surface area contributed by atoms with Crippen molar-refractivity contribution in [1.82, 2.24) is 19.7 Å². The van der Waals surface area contributed by atoms with Gasteiger partial charge in [0.05, 0.1) is 22.3 Å². The minimum Gasteiger partial charge on any atom is -0.339 e. The fourth-order valence-corrected chi connectivity index (χ4v) is 3.72. The number of piperidine rings is 1. The van der Waals surface area contributed by atoms with Crippen molar-refractivity contribution >= 4 is 16.9 Å². The number of fused-ring (bicyclic) bond motifs is 1. The Hall–Kier alpha value is -2.69. The van der Waals surface area contributed by atoms with Crippen LogP contribution in [0.25, 0.3) is 16.7 Å². The lowest BCUT2D eigenvalue weighted by molar-refractivity contribution is 0.0726. The zero-order valence-corrected chi connectivity index (χ0v) is 15.6. The summed E-state index contributed by atoms with van der Waals surface area (Å²) in [7, 11) is 0. The number of hydrogen-bond donors (Lipinski definition) is 0. The molecule has 4 rings (SSSR count). The molecule has 0 saturated carbocycles. The number of carbonyl (C=O) groups is 1. The normalized spacial score (nSPS) is 14.8. The summed E-state index contributed by atoms with van der Waals surface area (Å²) in [4.78, 5) is 19.9. The standard InChI is InChI=1S/C21H24N4O/c1-14-7-9-17(10-8-14)25-20-19(16(3)23-25)18(13-15(2)22-20)21(26)24-11-5-4-6-12-24/h7-10,13H,4-6,11-12H2,1-3H3. The number of likely N-dealkylation sites (tertiary alicyclic amines) is 1. The summed E-state index contributed by atoms with van der Waals surface area (Å²) in [6, 6.07) is 10.1. The second-order valence-corrected chi connectivity index (χ2v) is 7.20. The van der Waals surface area contributed by atoms with Crippen molar-refractivity contribution in [2.45, 2.75) is 40.0 Å². The van der Waals surface area contributed by atoms with Gasteiger partial charge in [0, 0.05) is 18.8 Å². The number of benzene rings is 1. The van der Waals surface area contributed by atoms with Gasteiger partial charge in [0.25, 0.3) is 5.91 Å². The Balaban J connectivity index is 1.87. The highest BCUT2D eigenvalue weighted by molar-refractivity contribution is 6.06. The van der Waals surface area contributed by atoms with Crippen molar-refractivity contribution in [2.24, 2.45) is 0 Å². The van der Waals surface area contributed by atoms with Crippen LogP contribution in [0, 0.1) is 20.8 Å². The fourth-order valence-electron chi connectivity index (χ4n) is 3.72. The van der Waals surface area contributed by atoms with Crippen molar-refractivity contribution in [3.8, 4) is 5.69 Å². The van der Waals surface area contributed by atoms with E-state index >= 15 is 0 Å². The van der Waals surface area contributed by atoms with Crippen molar-refractivity contribution in [1.29, 1.82) is 0 Å². The summed E-state index contributed by atoms with van der Waals surface area (Å²) < 4.78 is 1.85. The first-order valence-electron chi connectivity index (χ1n) is 9.28. The summed E-state index contributed by atoms with van der Waals surface area (Å²) in [5.74, 6) is 0.103. The lowest BCUT2D eigenvalue weighted by Gasteiger charge is -2.27. The van der Waals surface area contributed by atoms with Gasteiger partial charge in [0.2, 0.25) is 0 Å². The molecular formula is C21H24N4O. The van der Waals surface area contributed by atoms with Gasteiger partial charge in [-0.15, -0.1) is 0 Å². The SMILES string of the molecule is Cc1ccc(-n2nc(C)c3c(C(=O)N4CCCCC4)cc(C)nc32)cc1. The minimum atomic E-state index is 0.103. The maximum Gasteiger partial charge on any atom is 0.254 e. The van der Waals surface area contributed by atoms with E-state index in [0.29, 0.717) is 0 Å². The molecule has 3 aromatic rings. The van der Waals surface area contributed by atoms with E-state index in [4.69, 9.17) is 10.1 Å². The topological polar surface area (TPSA) is 51.0 Å². The van der Waals surface area contributed by atoms with E-state index in [1.54, 1.807) is 0 Å². The number of carbonyl (C=O) groups excluding carboxylic acids is 1. The predicted octanol–water partition coefficient (Wildman–Crippen LogP) is 3.97. The molecule has 1 fully saturated rings. The van der Waals surface area contributed by atoms with Crippen LogP contribution in [-0.4, -0.2) is 38.7 Å². The Morgan fingerprint density at radius 2 is 1.69 bits per heavy atom. The molecule has 0 bridgehead atoms. The first-order valence-corrected chi connectivity index (χ1v) is 9.28. The predicted molar refractivity (Wildman–Crippen MR) is 103 cm³/mol. The molecule has 0 N–H and O–H groups in total. The van der Waals surface area contributed by atoms with E-state index in [2.05, 4.69) is 19.1 Å². The number of aromatic nitrogens is 3. The Kier molecular flexibility index (Phi) is 4.23. The third kappa shape index (κ3) is 2.87. The molecule has 134 valence electrons. The average Bonchev–Trinajstić information content (AvgIpc) is 2.98. The van der Waals surface area contributed by atoms with Crippen LogP contribution in [0.1, 0.15) is 46.6 Å². The minimum absolute atomic E-state index is 0.103. The van der Waals surface area contributed by atoms with Gasteiger partial charge < -0.3 is 4.90 Å². The van der Waals surface area contributed by atoms with E-state index in [-0.39, 0.29) is 5.91 Å². The third-order valence-electron chi connectivity index (χ3n) is 5.09. The second kappa shape index (κ2) is 6.56. The molecule has 0 spiro atoms. The van der Waals surface area contributed by atoms with E-state index in [9.17, 15) is 4.79 Å². The van der Waals surface area contributed by atoms with Crippen molar-refractivity contribution in [2.75, 3.05) is 13.1 Å². The van der Waals surface area contributed by atoms with Crippen LogP contribution in [-0.2, 0) is 0 Å². The number of nitrogens with zero attached hydrogens (tertiary/aromatic N) is 4. The quantitative estimate of drug-likeness (QED) is 0.704. The first-order chi connectivity index (χ1) is 12.5. The third-order valence-corrected chi connectivity index (χ3v) is 5.09. The Morgan fingerprint density at radius 3 is 2.38 bits per heavy atom. The van der Waals surface area contributed by atoms with Gasteiger partial charge in [-0.3, -0.25) is 4.79 Å². The lowest BCUT2D eigenvalue weighted by atomic mass is 10.1. The molecule has 5 nitrogen and oxygen atoms in total. The molecule has 1 saturated heterocycles. The highest BCUT2D eigenvalue weighted by Gasteiger charge is 2.24. The van der Waals surface area contributed by atoms with Crippen molar-refractivity contribution in [3.63, 3.8) is 0 Å². The molecule has 1 aliphatic rings. The van der Waals surface area contributed by atoms with Gasteiger partial charge in [-0.25, -0.2) is 9.67 Å². The maximum atomic E-state index is 13.2. The Bertz CT molecular complexity index is 966. The summed E-state index contributed by atoms with van der Waals surface area (Å²) in [6.07, 6.45) is 3.38. The average molecular weight is 348 g/mol. The number of hydrogen-bond acceptors (Lipinski definition) is 3. The lowest BCUT2D eigenvalue weighted by Crippen LogP contribution is -2.35. The zero-order valence-electron chi connectivity index (χ0n) is 15.6. The molecule has 5 heteroatoms. The van der Waals surface area contributed by atoms with E-state index in [0.717, 1.165) is 59.6 Å². The van der Waals surface area contributed by atoms with Gasteiger partial charge in [-0.2, -0.15) is 5.10 Å². The van der Waals surface area contributed by atoms with E-state index < -0.39 is 0 Å². The van der Waals surface area contributed by atoms with Gasteiger partial charge in [-0.05, 0) is 58.2 Å². The molecule has 0 atom stereocenters. The molecule has 0 unspecified atom stereocenters. The molecule has 1 amide bonds. The van der Waals surface area contributed by atoms with Gasteiger partial charge in [-0.1, -0.05) is 17.7 Å². The smallest absolute Gasteiger partial charge is 0.254 e. The van der Waals surface area contributed by atoms with Crippen LogP contribution in [0.3, 0.4) is 0 Å².